The van der Waals surface area contributed by atoms with Crippen molar-refractivity contribution in [2.24, 2.45) is 0 Å². The molecule has 6 rings (SSSR count). The highest BCUT2D eigenvalue weighted by atomic mass is 19.2. The van der Waals surface area contributed by atoms with E-state index in [2.05, 4.69) is 10.2 Å². The van der Waals surface area contributed by atoms with Crippen LogP contribution in [-0.4, -0.2) is 25.0 Å². The van der Waals surface area contributed by atoms with Crippen LogP contribution in [0.1, 0.15) is 11.4 Å². The number of fused-ring (bicyclic) bond motifs is 2. The van der Waals surface area contributed by atoms with E-state index in [1.807, 2.05) is 54.6 Å². The Bertz CT molecular complexity index is 1620. The molecule has 0 N–H and O–H groups in total. The Hall–Kier alpha value is -4.46. The van der Waals surface area contributed by atoms with Gasteiger partial charge in [0, 0.05) is 17.2 Å². The Morgan fingerprint density at radius 3 is 2.59 bits per heavy atom. The highest BCUT2D eigenvalue weighted by molar-refractivity contribution is 5.86. The third-order valence-corrected chi connectivity index (χ3v) is 5.70. The highest BCUT2D eigenvalue weighted by Gasteiger charge is 2.18. The molecule has 0 bridgehead atoms. The molecule has 0 atom stereocenters. The van der Waals surface area contributed by atoms with Crippen molar-refractivity contribution >= 4 is 21.9 Å². The Balaban J connectivity index is 1.46. The molecule has 0 unspecified atom stereocenters. The summed E-state index contributed by atoms with van der Waals surface area (Å²) in [6.45, 7) is 0. The molecule has 6 aromatic rings. The molecule has 34 heavy (non-hydrogen) atoms. The maximum Gasteiger partial charge on any atom is 0.217 e. The zero-order chi connectivity index (χ0) is 23.1. The Morgan fingerprint density at radius 2 is 1.71 bits per heavy atom. The smallest absolute Gasteiger partial charge is 0.217 e. The summed E-state index contributed by atoms with van der Waals surface area (Å²) in [4.78, 5) is 4.76. The van der Waals surface area contributed by atoms with E-state index in [9.17, 15) is 8.78 Å². The van der Waals surface area contributed by atoms with E-state index >= 15 is 0 Å². The number of rotatable bonds is 5. The zero-order valence-electron chi connectivity index (χ0n) is 17.8. The third-order valence-electron chi connectivity index (χ3n) is 5.70. The summed E-state index contributed by atoms with van der Waals surface area (Å²) in [5.41, 5.74) is 2.86. The summed E-state index contributed by atoms with van der Waals surface area (Å²) < 4.78 is 34.8. The van der Waals surface area contributed by atoms with E-state index in [1.165, 1.54) is 6.07 Å². The van der Waals surface area contributed by atoms with Crippen LogP contribution in [0.2, 0.25) is 0 Å². The van der Waals surface area contributed by atoms with Gasteiger partial charge in [0.25, 0.3) is 0 Å². The normalized spacial score (nSPS) is 11.5. The summed E-state index contributed by atoms with van der Waals surface area (Å²) >= 11 is 0. The van der Waals surface area contributed by atoms with E-state index in [0.29, 0.717) is 35.8 Å². The van der Waals surface area contributed by atoms with Gasteiger partial charge in [-0.3, -0.25) is 0 Å². The number of furan rings is 1. The Kier molecular flexibility index (Phi) is 4.83. The standard InChI is InChI=1S/C26H17F2N5O/c27-19-11-9-16(13-20(19)28)10-12-25-30-26(24-14-17-5-1-4-8-23(17)34-24)32-33(25)22-15-29-31-21-7-3-2-6-18(21)22/h1-9,11,13-15H,10,12H2. The largest absolute Gasteiger partial charge is 0.453 e. The summed E-state index contributed by atoms with van der Waals surface area (Å²) in [7, 11) is 0. The van der Waals surface area contributed by atoms with Crippen LogP contribution in [0, 0.1) is 11.6 Å². The highest BCUT2D eigenvalue weighted by Crippen LogP contribution is 2.28. The van der Waals surface area contributed by atoms with Gasteiger partial charge in [0.05, 0.1) is 17.4 Å². The van der Waals surface area contributed by atoms with Gasteiger partial charge in [-0.25, -0.2) is 18.4 Å². The lowest BCUT2D eigenvalue weighted by molar-refractivity contribution is 0.507. The molecule has 0 spiro atoms. The number of nitrogens with zero attached hydrogens (tertiary/aromatic N) is 5. The van der Waals surface area contributed by atoms with E-state index in [0.717, 1.165) is 33.6 Å². The molecule has 0 amide bonds. The van der Waals surface area contributed by atoms with Crippen LogP contribution in [0.3, 0.4) is 0 Å². The van der Waals surface area contributed by atoms with Crippen molar-refractivity contribution in [2.75, 3.05) is 0 Å². The number of aryl methyl sites for hydroxylation is 2. The molecule has 0 fully saturated rings. The van der Waals surface area contributed by atoms with E-state index in [1.54, 1.807) is 16.9 Å². The van der Waals surface area contributed by atoms with E-state index < -0.39 is 11.6 Å². The van der Waals surface area contributed by atoms with Crippen LogP contribution in [0.4, 0.5) is 8.78 Å². The number of benzene rings is 3. The molecule has 3 aromatic heterocycles. The first-order chi connectivity index (χ1) is 16.7. The van der Waals surface area contributed by atoms with Crippen LogP contribution < -0.4 is 0 Å². The number of hydrogen-bond acceptors (Lipinski definition) is 5. The molecule has 0 aliphatic rings. The molecule has 0 radical (unpaired) electrons. The number of aromatic nitrogens is 5. The first-order valence-electron chi connectivity index (χ1n) is 10.8. The minimum absolute atomic E-state index is 0.428. The quantitative estimate of drug-likeness (QED) is 0.336. The first kappa shape index (κ1) is 20.2. The second-order valence-electron chi connectivity index (χ2n) is 7.91. The molecule has 0 aliphatic carbocycles. The van der Waals surface area contributed by atoms with E-state index in [4.69, 9.17) is 14.5 Å². The average molecular weight is 453 g/mol. The lowest BCUT2D eigenvalue weighted by Gasteiger charge is -2.08. The SMILES string of the molecule is Fc1ccc(CCc2nc(-c3cc4ccccc4o3)nn2-c2cnnc3ccccc23)cc1F. The van der Waals surface area contributed by atoms with Crippen LogP contribution >= 0.6 is 0 Å². The predicted molar refractivity (Wildman–Crippen MR) is 123 cm³/mol. The van der Waals surface area contributed by atoms with Gasteiger partial charge >= 0.3 is 0 Å². The zero-order valence-corrected chi connectivity index (χ0v) is 17.8. The molecule has 166 valence electrons. The lowest BCUT2D eigenvalue weighted by atomic mass is 10.1. The lowest BCUT2D eigenvalue weighted by Crippen LogP contribution is -2.06. The van der Waals surface area contributed by atoms with Crippen molar-refractivity contribution in [3.63, 3.8) is 0 Å². The summed E-state index contributed by atoms with van der Waals surface area (Å²) in [5, 5.41) is 14.9. The van der Waals surface area contributed by atoms with Gasteiger partial charge in [0.15, 0.2) is 17.4 Å². The summed E-state index contributed by atoms with van der Waals surface area (Å²) in [6, 6.07) is 21.2. The van der Waals surface area contributed by atoms with Crippen molar-refractivity contribution in [3.05, 3.63) is 102 Å². The Morgan fingerprint density at radius 1 is 0.853 bits per heavy atom. The summed E-state index contributed by atoms with van der Waals surface area (Å²) in [6.07, 6.45) is 2.53. The molecule has 0 saturated heterocycles. The molecule has 0 aliphatic heterocycles. The fourth-order valence-electron chi connectivity index (χ4n) is 4.01. The minimum atomic E-state index is -0.869. The van der Waals surface area contributed by atoms with Crippen LogP contribution in [0.15, 0.2) is 83.4 Å². The second-order valence-corrected chi connectivity index (χ2v) is 7.91. The first-order valence-corrected chi connectivity index (χ1v) is 10.8. The maximum atomic E-state index is 13.7. The van der Waals surface area contributed by atoms with Gasteiger partial charge in [-0.05, 0) is 42.3 Å². The van der Waals surface area contributed by atoms with Gasteiger partial charge in [0.1, 0.15) is 11.4 Å². The molecule has 3 heterocycles. The third kappa shape index (κ3) is 3.59. The van der Waals surface area contributed by atoms with Crippen molar-refractivity contribution in [1.29, 1.82) is 0 Å². The van der Waals surface area contributed by atoms with Gasteiger partial charge in [-0.2, -0.15) is 10.2 Å². The fourth-order valence-corrected chi connectivity index (χ4v) is 4.01. The van der Waals surface area contributed by atoms with Crippen molar-refractivity contribution < 1.29 is 13.2 Å². The van der Waals surface area contributed by atoms with Gasteiger partial charge < -0.3 is 4.42 Å². The molecular formula is C26H17F2N5O. The number of para-hydroxylation sites is 1. The second kappa shape index (κ2) is 8.15. The van der Waals surface area contributed by atoms with Gasteiger partial charge in [0.2, 0.25) is 5.82 Å². The average Bonchev–Trinajstić information content (AvgIpc) is 3.49. The molecule has 8 heteroatoms. The maximum absolute atomic E-state index is 13.7. The number of hydrogen-bond donors (Lipinski definition) is 0. The van der Waals surface area contributed by atoms with E-state index in [-0.39, 0.29) is 0 Å². The predicted octanol–water partition coefficient (Wildman–Crippen LogP) is 5.69. The van der Waals surface area contributed by atoms with Crippen molar-refractivity contribution in [2.45, 2.75) is 12.8 Å². The summed E-state index contributed by atoms with van der Waals surface area (Å²) in [5.74, 6) is -0.129. The van der Waals surface area contributed by atoms with Crippen molar-refractivity contribution in [3.8, 4) is 17.3 Å². The van der Waals surface area contributed by atoms with Crippen LogP contribution in [0.5, 0.6) is 0 Å². The number of halogens is 2. The minimum Gasteiger partial charge on any atom is -0.453 e. The van der Waals surface area contributed by atoms with Gasteiger partial charge in [-0.1, -0.05) is 42.5 Å². The molecular weight excluding hydrogens is 436 g/mol. The fraction of sp³-hybridized carbons (Fsp3) is 0.0769. The van der Waals surface area contributed by atoms with Crippen molar-refractivity contribution in [1.82, 2.24) is 25.0 Å². The van der Waals surface area contributed by atoms with Crippen LogP contribution in [0.25, 0.3) is 39.1 Å². The van der Waals surface area contributed by atoms with Crippen LogP contribution in [-0.2, 0) is 12.8 Å². The van der Waals surface area contributed by atoms with Gasteiger partial charge in [-0.15, -0.1) is 5.10 Å². The Labute approximate surface area is 192 Å². The molecule has 0 saturated carbocycles. The molecule has 3 aromatic carbocycles. The molecule has 6 nitrogen and oxygen atoms in total. The topological polar surface area (TPSA) is 69.6 Å². The monoisotopic (exact) mass is 453 g/mol.